The van der Waals surface area contributed by atoms with Crippen LogP contribution in [0.5, 0.6) is 0 Å². The first-order valence-electron chi connectivity index (χ1n) is 11.4. The van der Waals surface area contributed by atoms with Crippen molar-refractivity contribution in [3.63, 3.8) is 0 Å². The highest BCUT2D eigenvalue weighted by Gasteiger charge is 2.27. The quantitative estimate of drug-likeness (QED) is 0.311. The minimum atomic E-state index is -0.683. The summed E-state index contributed by atoms with van der Waals surface area (Å²) in [5.74, 6) is -0.147. The Balaban J connectivity index is 1.92. The average molecular weight is 405 g/mol. The highest BCUT2D eigenvalue weighted by molar-refractivity contribution is 6.09. The van der Waals surface area contributed by atoms with Gasteiger partial charge >= 0.3 is 0 Å². The summed E-state index contributed by atoms with van der Waals surface area (Å²) in [6.45, 7) is 4.44. The van der Waals surface area contributed by atoms with Crippen molar-refractivity contribution < 1.29 is 4.79 Å². The highest BCUT2D eigenvalue weighted by atomic mass is 16.1. The second kappa shape index (κ2) is 12.1. The number of amides is 1. The summed E-state index contributed by atoms with van der Waals surface area (Å²) in [6.07, 6.45) is 11.8. The maximum Gasteiger partial charge on any atom is 0.258 e. The SMILES string of the molecule is CCC(CCN=C(N)C(CC(C)=N)C(=O)N=C(N)C1CCC1)NC1CCCCC1. The molecule has 0 heterocycles. The Bertz CT molecular complexity index is 604. The van der Waals surface area contributed by atoms with Crippen molar-refractivity contribution in [2.24, 2.45) is 33.3 Å². The zero-order chi connectivity index (χ0) is 21.2. The van der Waals surface area contributed by atoms with Crippen LogP contribution in [0.4, 0.5) is 0 Å². The fourth-order valence-electron chi connectivity index (χ4n) is 4.09. The highest BCUT2D eigenvalue weighted by Crippen LogP contribution is 2.26. The number of carbonyl (C=O) groups is 1. The fraction of sp³-hybridized carbons (Fsp3) is 0.818. The predicted molar refractivity (Wildman–Crippen MR) is 121 cm³/mol. The molecule has 0 aromatic heterocycles. The van der Waals surface area contributed by atoms with Crippen molar-refractivity contribution in [1.29, 1.82) is 5.41 Å². The van der Waals surface area contributed by atoms with Crippen LogP contribution in [0.15, 0.2) is 9.98 Å². The number of hydrogen-bond acceptors (Lipinski definition) is 4. The number of amidine groups is 2. The second-order valence-electron chi connectivity index (χ2n) is 8.74. The van der Waals surface area contributed by atoms with Crippen molar-refractivity contribution in [3.05, 3.63) is 0 Å². The molecule has 0 aromatic rings. The molecule has 0 aromatic carbocycles. The maximum atomic E-state index is 12.7. The number of carbonyl (C=O) groups excluding carboxylic acids is 1. The van der Waals surface area contributed by atoms with Gasteiger partial charge in [0.2, 0.25) is 0 Å². The fourth-order valence-corrected chi connectivity index (χ4v) is 4.09. The molecule has 7 nitrogen and oxygen atoms in total. The summed E-state index contributed by atoms with van der Waals surface area (Å²) in [4.78, 5) is 21.2. The number of rotatable bonds is 11. The summed E-state index contributed by atoms with van der Waals surface area (Å²) in [5.41, 5.74) is 12.6. The van der Waals surface area contributed by atoms with Crippen LogP contribution < -0.4 is 16.8 Å². The molecule has 2 rings (SSSR count). The molecule has 0 radical (unpaired) electrons. The zero-order valence-electron chi connectivity index (χ0n) is 18.3. The lowest BCUT2D eigenvalue weighted by molar-refractivity contribution is -0.119. The van der Waals surface area contributed by atoms with Gasteiger partial charge in [-0.1, -0.05) is 32.6 Å². The van der Waals surface area contributed by atoms with Gasteiger partial charge in [0.05, 0.1) is 0 Å². The number of nitrogens with one attached hydrogen (secondary N) is 2. The number of nitrogens with zero attached hydrogens (tertiary/aromatic N) is 2. The van der Waals surface area contributed by atoms with Gasteiger partial charge < -0.3 is 22.2 Å². The summed E-state index contributed by atoms with van der Waals surface area (Å²) in [5, 5.41) is 11.6. The third-order valence-corrected chi connectivity index (χ3v) is 6.27. The molecular weight excluding hydrogens is 364 g/mol. The van der Waals surface area contributed by atoms with Crippen molar-refractivity contribution in [2.45, 2.75) is 96.6 Å². The Morgan fingerprint density at radius 1 is 1.14 bits per heavy atom. The standard InChI is InChI=1S/C22H40N6O/c1-3-17(27-18-10-5-4-6-11-18)12-13-26-21(25)19(14-15(2)23)22(29)28-20(24)16-8-7-9-16/h16-19,23,27H,3-14H2,1-2H3,(H2,25,26)(H2,24,28,29). The first kappa shape index (κ1) is 23.5. The largest absolute Gasteiger partial charge is 0.387 e. The molecule has 2 saturated carbocycles. The van der Waals surface area contributed by atoms with Crippen LogP contribution >= 0.6 is 0 Å². The lowest BCUT2D eigenvalue weighted by atomic mass is 9.84. The Morgan fingerprint density at radius 3 is 2.38 bits per heavy atom. The van der Waals surface area contributed by atoms with Gasteiger partial charge in [-0.25, -0.2) is 0 Å². The van der Waals surface area contributed by atoms with Crippen LogP contribution in [0.25, 0.3) is 0 Å². The Labute approximate surface area is 175 Å². The molecule has 0 bridgehead atoms. The Kier molecular flexibility index (Phi) is 9.78. The summed E-state index contributed by atoms with van der Waals surface area (Å²) in [7, 11) is 0. The van der Waals surface area contributed by atoms with Crippen LogP contribution in [-0.4, -0.2) is 41.9 Å². The van der Waals surface area contributed by atoms with Gasteiger partial charge in [0.25, 0.3) is 5.91 Å². The van der Waals surface area contributed by atoms with Crippen LogP contribution in [0.2, 0.25) is 0 Å². The van der Waals surface area contributed by atoms with E-state index in [1.807, 2.05) is 0 Å². The van der Waals surface area contributed by atoms with Crippen LogP contribution in [0.1, 0.15) is 84.5 Å². The van der Waals surface area contributed by atoms with Gasteiger partial charge in [0, 0.05) is 36.7 Å². The molecule has 2 fully saturated rings. The van der Waals surface area contributed by atoms with E-state index in [2.05, 4.69) is 22.2 Å². The van der Waals surface area contributed by atoms with Gasteiger partial charge in [-0.2, -0.15) is 4.99 Å². The van der Waals surface area contributed by atoms with Gasteiger partial charge in [-0.05, 0) is 45.4 Å². The van der Waals surface area contributed by atoms with Crippen LogP contribution in [-0.2, 0) is 4.79 Å². The molecule has 0 spiro atoms. The lowest BCUT2D eigenvalue weighted by Crippen LogP contribution is -2.39. The molecule has 2 aliphatic carbocycles. The minimum absolute atomic E-state index is 0.218. The van der Waals surface area contributed by atoms with E-state index < -0.39 is 5.92 Å². The number of nitrogens with two attached hydrogens (primary N) is 2. The minimum Gasteiger partial charge on any atom is -0.387 e. The first-order chi connectivity index (χ1) is 13.9. The van der Waals surface area contributed by atoms with Crippen molar-refractivity contribution in [2.75, 3.05) is 6.54 Å². The Morgan fingerprint density at radius 2 is 1.83 bits per heavy atom. The molecule has 2 unspecified atom stereocenters. The van der Waals surface area contributed by atoms with Gasteiger partial charge in [0.15, 0.2) is 0 Å². The molecule has 2 atom stereocenters. The molecule has 164 valence electrons. The van der Waals surface area contributed by atoms with E-state index in [1.165, 1.54) is 32.1 Å². The first-order valence-corrected chi connectivity index (χ1v) is 11.4. The third-order valence-electron chi connectivity index (χ3n) is 6.27. The van der Waals surface area contributed by atoms with Crippen LogP contribution in [0.3, 0.4) is 0 Å². The summed E-state index contributed by atoms with van der Waals surface area (Å²) in [6, 6.07) is 1.04. The molecule has 6 N–H and O–H groups in total. The van der Waals surface area contributed by atoms with Crippen molar-refractivity contribution >= 4 is 23.3 Å². The van der Waals surface area contributed by atoms with E-state index in [-0.39, 0.29) is 24.1 Å². The van der Waals surface area contributed by atoms with E-state index in [9.17, 15) is 4.79 Å². The molecule has 29 heavy (non-hydrogen) atoms. The zero-order valence-corrected chi connectivity index (χ0v) is 18.3. The van der Waals surface area contributed by atoms with Gasteiger partial charge in [0.1, 0.15) is 17.6 Å². The van der Waals surface area contributed by atoms with Crippen molar-refractivity contribution in [3.8, 4) is 0 Å². The third kappa shape index (κ3) is 7.88. The van der Waals surface area contributed by atoms with E-state index in [0.29, 0.717) is 30.2 Å². The van der Waals surface area contributed by atoms with Gasteiger partial charge in [-0.15, -0.1) is 0 Å². The van der Waals surface area contributed by atoms with E-state index in [1.54, 1.807) is 6.92 Å². The normalized spacial score (nSPS) is 21.4. The van der Waals surface area contributed by atoms with Gasteiger partial charge in [-0.3, -0.25) is 9.79 Å². The molecule has 2 aliphatic rings. The molecular formula is C22H40N6O. The van der Waals surface area contributed by atoms with E-state index in [4.69, 9.17) is 16.9 Å². The smallest absolute Gasteiger partial charge is 0.258 e. The maximum absolute atomic E-state index is 12.7. The molecule has 7 heteroatoms. The second-order valence-corrected chi connectivity index (χ2v) is 8.74. The van der Waals surface area contributed by atoms with E-state index in [0.717, 1.165) is 32.1 Å². The Hall–Kier alpha value is -1.76. The number of aliphatic imine (C=N–C) groups is 2. The summed E-state index contributed by atoms with van der Waals surface area (Å²) < 4.78 is 0. The number of hydrogen-bond donors (Lipinski definition) is 4. The molecule has 0 saturated heterocycles. The topological polar surface area (TPSA) is 130 Å². The molecule has 1 amide bonds. The average Bonchev–Trinajstić information content (AvgIpc) is 2.64. The summed E-state index contributed by atoms with van der Waals surface area (Å²) >= 11 is 0. The van der Waals surface area contributed by atoms with Crippen molar-refractivity contribution in [1.82, 2.24) is 5.32 Å². The predicted octanol–water partition coefficient (Wildman–Crippen LogP) is 3.16. The molecule has 0 aliphatic heterocycles. The van der Waals surface area contributed by atoms with Crippen LogP contribution in [0, 0.1) is 17.2 Å². The monoisotopic (exact) mass is 404 g/mol. The lowest BCUT2D eigenvalue weighted by Gasteiger charge is -2.27. The van der Waals surface area contributed by atoms with E-state index >= 15 is 0 Å².